The van der Waals surface area contributed by atoms with Crippen molar-refractivity contribution in [1.29, 1.82) is 0 Å². The maximum Gasteiger partial charge on any atom is 0.270 e. The van der Waals surface area contributed by atoms with E-state index in [-0.39, 0.29) is 17.0 Å². The molecule has 3 heterocycles. The summed E-state index contributed by atoms with van der Waals surface area (Å²) in [5, 5.41) is 0. The molecule has 1 spiro atoms. The second-order valence-corrected chi connectivity index (χ2v) is 11.0. The Labute approximate surface area is 203 Å². The van der Waals surface area contributed by atoms with Gasteiger partial charge in [-0.25, -0.2) is 0 Å². The molecule has 6 rings (SSSR count). The highest BCUT2D eigenvalue weighted by molar-refractivity contribution is 7.99. The average Bonchev–Trinajstić information content (AvgIpc) is 3.66. The molecule has 2 aliphatic carbocycles. The number of aromatic nitrogens is 3. The van der Waals surface area contributed by atoms with E-state index in [1.807, 2.05) is 18.3 Å². The van der Waals surface area contributed by atoms with E-state index in [4.69, 9.17) is 16.5 Å². The Morgan fingerprint density at radius 3 is 2.62 bits per heavy atom. The minimum absolute atomic E-state index is 0.0617. The van der Waals surface area contributed by atoms with Gasteiger partial charge in [0.05, 0.1) is 5.69 Å². The van der Waals surface area contributed by atoms with Crippen molar-refractivity contribution in [3.8, 4) is 0 Å². The lowest BCUT2D eigenvalue weighted by Crippen LogP contribution is -2.46. The van der Waals surface area contributed by atoms with Crippen molar-refractivity contribution in [2.24, 2.45) is 18.2 Å². The molecule has 7 nitrogen and oxygen atoms in total. The Balaban J connectivity index is 1.24. The summed E-state index contributed by atoms with van der Waals surface area (Å²) in [7, 11) is 1.79. The Kier molecular flexibility index (Phi) is 5.18. The third-order valence-corrected chi connectivity index (χ3v) is 9.02. The van der Waals surface area contributed by atoms with Crippen LogP contribution in [0.5, 0.6) is 0 Å². The van der Waals surface area contributed by atoms with Crippen molar-refractivity contribution >= 4 is 23.5 Å². The zero-order valence-corrected chi connectivity index (χ0v) is 20.2. The van der Waals surface area contributed by atoms with Gasteiger partial charge in [-0.1, -0.05) is 36.0 Å². The molecule has 34 heavy (non-hydrogen) atoms. The van der Waals surface area contributed by atoms with Crippen LogP contribution in [0.2, 0.25) is 0 Å². The SMILES string of the molecule is Cn1c(N2CCC3(CC2)Cc2ccccc2[C@H]3N)nc(N)c(Sc2cccnc2C2CC2)c1=O. The average molecular weight is 475 g/mol. The molecule has 1 aliphatic heterocycles. The number of hydrogen-bond donors (Lipinski definition) is 2. The molecule has 0 unspecified atom stereocenters. The molecule has 2 fully saturated rings. The topological polar surface area (TPSA) is 103 Å². The number of fused-ring (bicyclic) bond motifs is 1. The van der Waals surface area contributed by atoms with Crippen LogP contribution < -0.4 is 21.9 Å². The minimum atomic E-state index is -0.108. The summed E-state index contributed by atoms with van der Waals surface area (Å²) in [6.07, 6.45) is 7.08. The molecular formula is C26H30N6OS. The standard InChI is InChI=1S/C26H30N6OS/c1-31-24(33)21(34-19-7-4-12-29-20(19)16-8-9-16)23(28)30-25(31)32-13-10-26(11-14-32)15-17-5-2-3-6-18(17)22(26)27/h2-7,12,16,22H,8-11,13-15,27-28H2,1H3/t22-/m1/s1. The van der Waals surface area contributed by atoms with Crippen LogP contribution in [0, 0.1) is 5.41 Å². The number of hydrogen-bond acceptors (Lipinski definition) is 7. The quantitative estimate of drug-likeness (QED) is 0.595. The van der Waals surface area contributed by atoms with Crippen LogP contribution in [-0.2, 0) is 13.5 Å². The van der Waals surface area contributed by atoms with Crippen molar-refractivity contribution in [1.82, 2.24) is 14.5 Å². The summed E-state index contributed by atoms with van der Waals surface area (Å²) in [4.78, 5) is 26.3. The van der Waals surface area contributed by atoms with Gasteiger partial charge in [0.15, 0.2) is 0 Å². The highest BCUT2D eigenvalue weighted by Crippen LogP contribution is 2.51. The Morgan fingerprint density at radius 1 is 1.12 bits per heavy atom. The summed E-state index contributed by atoms with van der Waals surface area (Å²) in [6.45, 7) is 1.62. The molecule has 0 amide bonds. The molecular weight excluding hydrogens is 444 g/mol. The van der Waals surface area contributed by atoms with Gasteiger partial charge >= 0.3 is 0 Å². The lowest BCUT2D eigenvalue weighted by molar-refractivity contribution is 0.186. The Morgan fingerprint density at radius 2 is 1.88 bits per heavy atom. The number of nitrogens with two attached hydrogens (primary N) is 2. The van der Waals surface area contributed by atoms with Crippen LogP contribution in [0.1, 0.15) is 54.5 Å². The maximum absolute atomic E-state index is 13.4. The lowest BCUT2D eigenvalue weighted by atomic mass is 9.73. The van der Waals surface area contributed by atoms with Gasteiger partial charge in [0, 0.05) is 43.2 Å². The van der Waals surface area contributed by atoms with E-state index in [9.17, 15) is 4.79 Å². The predicted octanol–water partition coefficient (Wildman–Crippen LogP) is 3.63. The van der Waals surface area contributed by atoms with Gasteiger partial charge in [-0.3, -0.25) is 14.3 Å². The summed E-state index contributed by atoms with van der Waals surface area (Å²) in [5.74, 6) is 1.42. The summed E-state index contributed by atoms with van der Waals surface area (Å²) < 4.78 is 1.65. The van der Waals surface area contributed by atoms with Gasteiger partial charge in [0.25, 0.3) is 5.56 Å². The van der Waals surface area contributed by atoms with Crippen LogP contribution in [0.15, 0.2) is 57.2 Å². The first-order valence-corrected chi connectivity index (χ1v) is 12.9. The molecule has 3 aliphatic rings. The van der Waals surface area contributed by atoms with E-state index < -0.39 is 0 Å². The molecule has 3 aromatic rings. The first-order valence-electron chi connectivity index (χ1n) is 12.0. The minimum Gasteiger partial charge on any atom is -0.382 e. The normalized spacial score (nSPS) is 21.1. The van der Waals surface area contributed by atoms with E-state index in [1.54, 1.807) is 11.6 Å². The van der Waals surface area contributed by atoms with Gasteiger partial charge in [-0.05, 0) is 60.8 Å². The number of nitrogen functional groups attached to an aromatic ring is 1. The fraction of sp³-hybridized carbons (Fsp3) is 0.423. The fourth-order valence-electron chi connectivity index (χ4n) is 5.68. The lowest BCUT2D eigenvalue weighted by Gasteiger charge is -2.42. The number of pyridine rings is 1. The highest BCUT2D eigenvalue weighted by atomic mass is 32.2. The molecule has 1 aromatic carbocycles. The third-order valence-electron chi connectivity index (χ3n) is 7.86. The first-order chi connectivity index (χ1) is 16.5. The predicted molar refractivity (Wildman–Crippen MR) is 135 cm³/mol. The third kappa shape index (κ3) is 3.51. The van der Waals surface area contributed by atoms with Crippen molar-refractivity contribution < 1.29 is 0 Å². The van der Waals surface area contributed by atoms with Crippen molar-refractivity contribution in [2.45, 2.75) is 53.9 Å². The molecule has 1 saturated carbocycles. The summed E-state index contributed by atoms with van der Waals surface area (Å²) in [6, 6.07) is 12.5. The molecule has 1 atom stereocenters. The van der Waals surface area contributed by atoms with E-state index >= 15 is 0 Å². The van der Waals surface area contributed by atoms with E-state index in [2.05, 4.69) is 34.1 Å². The van der Waals surface area contributed by atoms with Gasteiger partial charge in [0.1, 0.15) is 10.7 Å². The summed E-state index contributed by atoms with van der Waals surface area (Å²) >= 11 is 1.40. The Bertz CT molecular complexity index is 1310. The van der Waals surface area contributed by atoms with Gasteiger partial charge < -0.3 is 16.4 Å². The monoisotopic (exact) mass is 474 g/mol. The number of piperidine rings is 1. The molecule has 1 saturated heterocycles. The number of anilines is 2. The number of benzene rings is 1. The first kappa shape index (κ1) is 21.7. The maximum atomic E-state index is 13.4. The van der Waals surface area contributed by atoms with Crippen LogP contribution >= 0.6 is 11.8 Å². The molecule has 8 heteroatoms. The van der Waals surface area contributed by atoms with Crippen molar-refractivity contribution in [3.63, 3.8) is 0 Å². The summed E-state index contributed by atoms with van der Waals surface area (Å²) in [5.41, 5.74) is 16.8. The molecule has 176 valence electrons. The zero-order valence-electron chi connectivity index (χ0n) is 19.4. The van der Waals surface area contributed by atoms with Crippen molar-refractivity contribution in [2.75, 3.05) is 23.7 Å². The highest BCUT2D eigenvalue weighted by Gasteiger charge is 2.46. The largest absolute Gasteiger partial charge is 0.382 e. The van der Waals surface area contributed by atoms with Gasteiger partial charge in [-0.15, -0.1) is 0 Å². The van der Waals surface area contributed by atoms with Gasteiger partial charge in [0.2, 0.25) is 5.95 Å². The molecule has 0 radical (unpaired) electrons. The second-order valence-electron chi connectivity index (χ2n) is 9.96. The van der Waals surface area contributed by atoms with Crippen LogP contribution in [0.3, 0.4) is 0 Å². The van der Waals surface area contributed by atoms with Gasteiger partial charge in [-0.2, -0.15) is 4.98 Å². The molecule has 2 aromatic heterocycles. The van der Waals surface area contributed by atoms with E-state index in [0.717, 1.165) is 55.8 Å². The van der Waals surface area contributed by atoms with Crippen LogP contribution in [-0.4, -0.2) is 27.6 Å². The van der Waals surface area contributed by atoms with Crippen LogP contribution in [0.25, 0.3) is 0 Å². The van der Waals surface area contributed by atoms with E-state index in [1.165, 1.54) is 22.9 Å². The van der Waals surface area contributed by atoms with E-state index in [0.29, 0.717) is 22.6 Å². The number of rotatable bonds is 4. The fourth-order valence-corrected chi connectivity index (χ4v) is 6.75. The number of nitrogens with zero attached hydrogens (tertiary/aromatic N) is 4. The Hall–Kier alpha value is -2.84. The molecule has 0 bridgehead atoms. The van der Waals surface area contributed by atoms with Crippen LogP contribution in [0.4, 0.5) is 11.8 Å². The van der Waals surface area contributed by atoms with Crippen molar-refractivity contribution in [3.05, 3.63) is 69.8 Å². The smallest absolute Gasteiger partial charge is 0.270 e. The molecule has 4 N–H and O–H groups in total. The second kappa shape index (κ2) is 8.13. The zero-order chi connectivity index (χ0) is 23.4.